The number of anilines is 1. The van der Waals surface area contributed by atoms with Crippen LogP contribution in [0.1, 0.15) is 39.2 Å². The number of hydrogen-bond donors (Lipinski definition) is 2. The average Bonchev–Trinajstić information content (AvgIpc) is 2.96. The predicted octanol–water partition coefficient (Wildman–Crippen LogP) is 5.51. The number of aromatic nitrogens is 1. The Kier molecular flexibility index (Phi) is 8.89. The van der Waals surface area contributed by atoms with Crippen LogP contribution in [0.4, 0.5) is 5.69 Å². The van der Waals surface area contributed by atoms with Gasteiger partial charge in [0.05, 0.1) is 26.0 Å². The van der Waals surface area contributed by atoms with Gasteiger partial charge in [0.1, 0.15) is 17.5 Å². The molecule has 0 spiro atoms. The van der Waals surface area contributed by atoms with E-state index in [1.807, 2.05) is 6.07 Å². The Labute approximate surface area is 240 Å². The van der Waals surface area contributed by atoms with Crippen molar-refractivity contribution in [3.8, 4) is 22.6 Å². The molecule has 41 heavy (non-hydrogen) atoms. The van der Waals surface area contributed by atoms with Crippen molar-refractivity contribution in [2.24, 2.45) is 0 Å². The molecule has 0 fully saturated rings. The van der Waals surface area contributed by atoms with Crippen LogP contribution < -0.4 is 20.3 Å². The maximum absolute atomic E-state index is 13.7. The second-order valence-corrected chi connectivity index (χ2v) is 9.63. The summed E-state index contributed by atoms with van der Waals surface area (Å²) in [6, 6.07) is 17.8. The lowest BCUT2D eigenvalue weighted by molar-refractivity contribution is -0.119. The smallest absolute Gasteiger partial charge is 0.335 e. The lowest BCUT2D eigenvalue weighted by Gasteiger charge is -2.22. The number of carbonyl (C=O) groups excluding carboxylic acids is 2. The number of carbonyl (C=O) groups is 3. The maximum Gasteiger partial charge on any atom is 0.335 e. The lowest BCUT2D eigenvalue weighted by atomic mass is 9.97. The van der Waals surface area contributed by atoms with Gasteiger partial charge in [-0.3, -0.25) is 19.0 Å². The van der Waals surface area contributed by atoms with E-state index in [-0.39, 0.29) is 23.5 Å². The van der Waals surface area contributed by atoms with E-state index in [9.17, 15) is 24.3 Å². The van der Waals surface area contributed by atoms with Gasteiger partial charge in [0.25, 0.3) is 5.56 Å². The molecule has 0 unspecified atom stereocenters. The minimum atomic E-state index is -1.09. The zero-order valence-electron chi connectivity index (χ0n) is 22.5. The summed E-state index contributed by atoms with van der Waals surface area (Å²) < 4.78 is 12.2. The molecule has 0 bridgehead atoms. The molecule has 0 saturated carbocycles. The van der Waals surface area contributed by atoms with Gasteiger partial charge in [-0.15, -0.1) is 0 Å². The zero-order valence-corrected chi connectivity index (χ0v) is 23.3. The minimum absolute atomic E-state index is 0.0680. The first-order valence-corrected chi connectivity index (χ1v) is 12.9. The molecule has 1 aromatic heterocycles. The standard InChI is InChI=1S/C31H27ClN2O7/c1-18(35)24-12-9-21(32)15-25(24)26-16-29(36)34(17-28(26)41-3)27(14-19-5-4-6-23(13-19)40-2)30(37)33-22-10-7-20(8-11-22)31(38)39/h4-13,15-17,27H,14H2,1-3H3,(H,33,37)(H,38,39)/t27-/m0/s1. The number of amides is 1. The van der Waals surface area contributed by atoms with Crippen molar-refractivity contribution in [3.05, 3.63) is 111 Å². The molecule has 1 atom stereocenters. The summed E-state index contributed by atoms with van der Waals surface area (Å²) in [5, 5.41) is 12.3. The highest BCUT2D eigenvalue weighted by atomic mass is 35.5. The summed E-state index contributed by atoms with van der Waals surface area (Å²) in [7, 11) is 2.95. The molecule has 0 aliphatic carbocycles. The van der Waals surface area contributed by atoms with Crippen molar-refractivity contribution < 1.29 is 29.0 Å². The zero-order chi connectivity index (χ0) is 29.7. The quantitative estimate of drug-likeness (QED) is 0.239. The normalized spacial score (nSPS) is 11.4. The number of ketones is 1. The predicted molar refractivity (Wildman–Crippen MR) is 155 cm³/mol. The summed E-state index contributed by atoms with van der Waals surface area (Å²) in [4.78, 5) is 50.8. The highest BCUT2D eigenvalue weighted by Gasteiger charge is 2.25. The van der Waals surface area contributed by atoms with Crippen LogP contribution in [0.5, 0.6) is 11.5 Å². The number of nitrogens with zero attached hydrogens (tertiary/aromatic N) is 1. The Hall–Kier alpha value is -4.89. The third-order valence-corrected chi connectivity index (χ3v) is 6.75. The van der Waals surface area contributed by atoms with Crippen LogP contribution in [0.3, 0.4) is 0 Å². The average molecular weight is 575 g/mol. The summed E-state index contributed by atoms with van der Waals surface area (Å²) in [6.45, 7) is 1.41. The van der Waals surface area contributed by atoms with Gasteiger partial charge in [-0.1, -0.05) is 23.7 Å². The number of benzene rings is 3. The molecule has 9 nitrogen and oxygen atoms in total. The van der Waals surface area contributed by atoms with E-state index in [1.165, 1.54) is 62.2 Å². The fourth-order valence-electron chi connectivity index (χ4n) is 4.45. The number of nitrogens with one attached hydrogen (secondary N) is 1. The van der Waals surface area contributed by atoms with Crippen LogP contribution in [0.2, 0.25) is 5.02 Å². The Morgan fingerprint density at radius 2 is 1.68 bits per heavy atom. The van der Waals surface area contributed by atoms with E-state index < -0.39 is 23.5 Å². The Bertz CT molecular complexity index is 1680. The minimum Gasteiger partial charge on any atom is -0.497 e. The molecule has 2 N–H and O–H groups in total. The third-order valence-electron chi connectivity index (χ3n) is 6.52. The number of aromatic carboxylic acids is 1. The molecule has 0 aliphatic rings. The van der Waals surface area contributed by atoms with Gasteiger partial charge in [0, 0.05) is 34.3 Å². The number of methoxy groups -OCH3 is 2. The van der Waals surface area contributed by atoms with Gasteiger partial charge in [0.2, 0.25) is 5.91 Å². The van der Waals surface area contributed by atoms with Crippen molar-refractivity contribution in [2.45, 2.75) is 19.4 Å². The molecule has 10 heteroatoms. The molecule has 4 rings (SSSR count). The number of hydrogen-bond acceptors (Lipinski definition) is 6. The molecular weight excluding hydrogens is 548 g/mol. The van der Waals surface area contributed by atoms with Crippen molar-refractivity contribution >= 4 is 34.9 Å². The van der Waals surface area contributed by atoms with Crippen molar-refractivity contribution in [3.63, 3.8) is 0 Å². The summed E-state index contributed by atoms with van der Waals surface area (Å²) in [6.07, 6.45) is 1.55. The van der Waals surface area contributed by atoms with Gasteiger partial charge < -0.3 is 19.9 Å². The molecule has 0 saturated heterocycles. The Morgan fingerprint density at radius 1 is 0.951 bits per heavy atom. The summed E-state index contributed by atoms with van der Waals surface area (Å²) >= 11 is 6.22. The highest BCUT2D eigenvalue weighted by molar-refractivity contribution is 6.31. The van der Waals surface area contributed by atoms with Crippen LogP contribution in [-0.2, 0) is 11.2 Å². The largest absolute Gasteiger partial charge is 0.497 e. The maximum atomic E-state index is 13.7. The monoisotopic (exact) mass is 574 g/mol. The highest BCUT2D eigenvalue weighted by Crippen LogP contribution is 2.34. The number of halogens is 1. The Balaban J connectivity index is 1.81. The molecular formula is C31H27ClN2O7. The molecule has 0 aliphatic heterocycles. The summed E-state index contributed by atoms with van der Waals surface area (Å²) in [5.41, 5.74) is 1.79. The third kappa shape index (κ3) is 6.64. The summed E-state index contributed by atoms with van der Waals surface area (Å²) in [5.74, 6) is -0.982. The molecule has 1 heterocycles. The van der Waals surface area contributed by atoms with Crippen LogP contribution in [0.25, 0.3) is 11.1 Å². The topological polar surface area (TPSA) is 124 Å². The number of carboxylic acids is 1. The fourth-order valence-corrected chi connectivity index (χ4v) is 4.63. The van der Waals surface area contributed by atoms with Crippen molar-refractivity contribution in [1.29, 1.82) is 0 Å². The number of ether oxygens (including phenoxy) is 2. The fraction of sp³-hybridized carbons (Fsp3) is 0.161. The van der Waals surface area contributed by atoms with Gasteiger partial charge >= 0.3 is 5.97 Å². The van der Waals surface area contributed by atoms with E-state index >= 15 is 0 Å². The first kappa shape index (κ1) is 29.1. The molecule has 0 radical (unpaired) electrons. The number of carboxylic acid groups (broad SMARTS) is 1. The number of Topliss-reactive ketones (excluding diaryl/α,β-unsaturated/α-hetero) is 1. The number of pyridine rings is 1. The van der Waals surface area contributed by atoms with Gasteiger partial charge in [0.15, 0.2) is 5.78 Å². The second-order valence-electron chi connectivity index (χ2n) is 9.19. The van der Waals surface area contributed by atoms with Crippen molar-refractivity contribution in [1.82, 2.24) is 4.57 Å². The second kappa shape index (κ2) is 12.5. The van der Waals surface area contributed by atoms with Crippen LogP contribution in [-0.4, -0.2) is 41.6 Å². The molecule has 210 valence electrons. The Morgan fingerprint density at radius 3 is 2.32 bits per heavy atom. The lowest BCUT2D eigenvalue weighted by Crippen LogP contribution is -2.34. The van der Waals surface area contributed by atoms with E-state index in [0.717, 1.165) is 5.56 Å². The van der Waals surface area contributed by atoms with Gasteiger partial charge in [-0.25, -0.2) is 4.79 Å². The van der Waals surface area contributed by atoms with Crippen LogP contribution >= 0.6 is 11.6 Å². The number of rotatable bonds is 10. The first-order chi connectivity index (χ1) is 19.6. The first-order valence-electron chi connectivity index (χ1n) is 12.5. The van der Waals surface area contributed by atoms with Crippen molar-refractivity contribution in [2.75, 3.05) is 19.5 Å². The van der Waals surface area contributed by atoms with Crippen LogP contribution in [0.15, 0.2) is 83.8 Å². The van der Waals surface area contributed by atoms with Gasteiger partial charge in [-0.05, 0) is 72.6 Å². The molecule has 4 aromatic rings. The van der Waals surface area contributed by atoms with E-state index in [0.29, 0.717) is 33.1 Å². The molecule has 1 amide bonds. The van der Waals surface area contributed by atoms with E-state index in [2.05, 4.69) is 5.32 Å². The van der Waals surface area contributed by atoms with Gasteiger partial charge in [-0.2, -0.15) is 0 Å². The SMILES string of the molecule is COc1cccc(C[C@@H](C(=O)Nc2ccc(C(=O)O)cc2)n2cc(OC)c(-c3cc(Cl)ccc3C(C)=O)cc2=O)c1. The van der Waals surface area contributed by atoms with E-state index in [4.69, 9.17) is 21.1 Å². The van der Waals surface area contributed by atoms with Crippen LogP contribution in [0, 0.1) is 0 Å². The van der Waals surface area contributed by atoms with E-state index in [1.54, 1.807) is 36.4 Å². The molecule has 3 aromatic carbocycles.